The molecule has 0 rings (SSSR count). The van der Waals surface area contributed by atoms with Gasteiger partial charge in [-0.2, -0.15) is 0 Å². The number of hydrogen-bond acceptors (Lipinski definition) is 3. The lowest BCUT2D eigenvalue weighted by Gasteiger charge is -2.21. The first kappa shape index (κ1) is 13.2. The second kappa shape index (κ2) is 5.80. The Morgan fingerprint density at radius 3 is 2.46 bits per heavy atom. The molecular formula is C9H18INO2. The molecule has 0 bridgehead atoms. The normalized spacial score (nSPS) is 13.9. The van der Waals surface area contributed by atoms with Gasteiger partial charge < -0.3 is 10.5 Å². The molecule has 0 amide bonds. The van der Waals surface area contributed by atoms with E-state index in [4.69, 9.17) is 10.5 Å². The van der Waals surface area contributed by atoms with Crippen LogP contribution in [0.3, 0.4) is 0 Å². The molecule has 0 saturated carbocycles. The highest BCUT2D eigenvalue weighted by Gasteiger charge is 2.22. The van der Waals surface area contributed by atoms with Gasteiger partial charge in [0.2, 0.25) is 0 Å². The summed E-state index contributed by atoms with van der Waals surface area (Å²) in [6.07, 6.45) is 1.67. The van der Waals surface area contributed by atoms with Crippen LogP contribution in [0.15, 0.2) is 0 Å². The smallest absolute Gasteiger partial charge is 0.319 e. The topological polar surface area (TPSA) is 52.3 Å². The van der Waals surface area contributed by atoms with Crippen molar-refractivity contribution in [3.05, 3.63) is 0 Å². The van der Waals surface area contributed by atoms with E-state index in [0.717, 1.165) is 12.8 Å². The molecule has 0 heterocycles. The highest BCUT2D eigenvalue weighted by atomic mass is 127. The van der Waals surface area contributed by atoms with Gasteiger partial charge in [0, 0.05) is 0 Å². The van der Waals surface area contributed by atoms with Crippen molar-refractivity contribution in [1.82, 2.24) is 0 Å². The summed E-state index contributed by atoms with van der Waals surface area (Å²) < 4.78 is 5.14. The number of rotatable bonds is 4. The Morgan fingerprint density at radius 1 is 1.54 bits per heavy atom. The van der Waals surface area contributed by atoms with Crippen LogP contribution in [0.1, 0.15) is 33.6 Å². The van der Waals surface area contributed by atoms with Gasteiger partial charge in [-0.25, -0.2) is 0 Å². The molecule has 0 aliphatic heterocycles. The van der Waals surface area contributed by atoms with Crippen LogP contribution in [0, 0.1) is 0 Å². The van der Waals surface area contributed by atoms with E-state index in [9.17, 15) is 4.79 Å². The Hall–Kier alpha value is 0.160. The van der Waals surface area contributed by atoms with Crippen LogP contribution in [0.25, 0.3) is 0 Å². The van der Waals surface area contributed by atoms with Gasteiger partial charge >= 0.3 is 5.97 Å². The molecule has 78 valence electrons. The maximum Gasteiger partial charge on any atom is 0.319 e. The number of esters is 1. The van der Waals surface area contributed by atoms with Crippen molar-refractivity contribution in [3.63, 3.8) is 0 Å². The van der Waals surface area contributed by atoms with E-state index < -0.39 is 0 Å². The molecule has 0 aromatic rings. The highest BCUT2D eigenvalue weighted by Crippen LogP contribution is 2.15. The van der Waals surface area contributed by atoms with Crippen molar-refractivity contribution in [2.24, 2.45) is 5.73 Å². The number of carbonyl (C=O) groups excluding carboxylic acids is 1. The van der Waals surface area contributed by atoms with Crippen molar-refractivity contribution in [2.45, 2.75) is 43.1 Å². The maximum absolute atomic E-state index is 11.4. The molecule has 0 aromatic carbocycles. The molecule has 1 unspecified atom stereocenters. The Morgan fingerprint density at radius 2 is 2.08 bits per heavy atom. The molecule has 13 heavy (non-hydrogen) atoms. The first-order valence-corrected chi connectivity index (χ1v) is 5.68. The summed E-state index contributed by atoms with van der Waals surface area (Å²) in [5, 5.41) is 0. The van der Waals surface area contributed by atoms with Gasteiger partial charge in [0.25, 0.3) is 0 Å². The van der Waals surface area contributed by atoms with Crippen molar-refractivity contribution in [3.8, 4) is 0 Å². The second-order valence-corrected chi connectivity index (χ2v) is 5.44. The molecular weight excluding hydrogens is 281 g/mol. The van der Waals surface area contributed by atoms with Crippen molar-refractivity contribution < 1.29 is 9.53 Å². The van der Waals surface area contributed by atoms with E-state index >= 15 is 0 Å². The molecule has 3 nitrogen and oxygen atoms in total. The Balaban J connectivity index is 3.83. The standard InChI is InChI=1S/C9H18INO2/c1-9(2,3)13-8(12)7(10)5-4-6-11/h7H,4-6,11H2,1-3H3. The van der Waals surface area contributed by atoms with Crippen LogP contribution in [0.2, 0.25) is 0 Å². The summed E-state index contributed by atoms with van der Waals surface area (Å²) in [5.74, 6) is -0.137. The first-order valence-electron chi connectivity index (χ1n) is 4.44. The minimum absolute atomic E-state index is 0.0691. The average molecular weight is 299 g/mol. The third kappa shape index (κ3) is 7.25. The Kier molecular flexibility index (Phi) is 5.87. The number of halogens is 1. The second-order valence-electron chi connectivity index (χ2n) is 3.93. The van der Waals surface area contributed by atoms with Gasteiger partial charge in [0.15, 0.2) is 0 Å². The van der Waals surface area contributed by atoms with Crippen LogP contribution in [-0.2, 0) is 9.53 Å². The van der Waals surface area contributed by atoms with Crippen molar-refractivity contribution >= 4 is 28.6 Å². The number of ether oxygens (including phenoxy) is 1. The Bertz CT molecular complexity index is 165. The molecule has 0 fully saturated rings. The summed E-state index contributed by atoms with van der Waals surface area (Å²) in [7, 11) is 0. The van der Waals surface area contributed by atoms with Gasteiger partial charge in [-0.15, -0.1) is 0 Å². The van der Waals surface area contributed by atoms with E-state index in [1.165, 1.54) is 0 Å². The zero-order valence-electron chi connectivity index (χ0n) is 8.47. The molecule has 0 saturated heterocycles. The fraction of sp³-hybridized carbons (Fsp3) is 0.889. The van der Waals surface area contributed by atoms with Crippen LogP contribution in [-0.4, -0.2) is 22.0 Å². The van der Waals surface area contributed by atoms with Gasteiger partial charge in [-0.1, -0.05) is 22.6 Å². The molecule has 1 atom stereocenters. The van der Waals surface area contributed by atoms with E-state index in [-0.39, 0.29) is 15.5 Å². The number of nitrogens with two attached hydrogens (primary N) is 1. The molecule has 4 heteroatoms. The minimum Gasteiger partial charge on any atom is -0.459 e. The minimum atomic E-state index is -0.386. The monoisotopic (exact) mass is 299 g/mol. The quantitative estimate of drug-likeness (QED) is 0.490. The lowest BCUT2D eigenvalue weighted by molar-refractivity contribution is -0.153. The highest BCUT2D eigenvalue weighted by molar-refractivity contribution is 14.1. The van der Waals surface area contributed by atoms with E-state index in [1.807, 2.05) is 20.8 Å². The lowest BCUT2D eigenvalue weighted by Crippen LogP contribution is -2.29. The summed E-state index contributed by atoms with van der Waals surface area (Å²) in [6, 6.07) is 0. The first-order chi connectivity index (χ1) is 5.87. The van der Waals surface area contributed by atoms with Crippen LogP contribution >= 0.6 is 22.6 Å². The SMILES string of the molecule is CC(C)(C)OC(=O)C(I)CCCN. The zero-order chi connectivity index (χ0) is 10.5. The average Bonchev–Trinajstić information content (AvgIpc) is 1.96. The summed E-state index contributed by atoms with van der Waals surface area (Å²) in [5.41, 5.74) is 4.96. The molecule has 0 aliphatic carbocycles. The zero-order valence-corrected chi connectivity index (χ0v) is 10.6. The van der Waals surface area contributed by atoms with Gasteiger partial charge in [0.1, 0.15) is 9.53 Å². The van der Waals surface area contributed by atoms with E-state index in [2.05, 4.69) is 22.6 Å². The van der Waals surface area contributed by atoms with Gasteiger partial charge in [-0.05, 0) is 40.2 Å². The summed E-state index contributed by atoms with van der Waals surface area (Å²) in [6.45, 7) is 6.24. The Labute approximate surface area is 93.5 Å². The van der Waals surface area contributed by atoms with E-state index in [1.54, 1.807) is 0 Å². The van der Waals surface area contributed by atoms with Crippen molar-refractivity contribution in [2.75, 3.05) is 6.54 Å². The largest absolute Gasteiger partial charge is 0.459 e. The van der Waals surface area contributed by atoms with Gasteiger partial charge in [0.05, 0.1) is 0 Å². The van der Waals surface area contributed by atoms with E-state index in [0.29, 0.717) is 6.54 Å². The van der Waals surface area contributed by atoms with Crippen LogP contribution in [0.4, 0.5) is 0 Å². The third-order valence-corrected chi connectivity index (χ3v) is 2.46. The molecule has 0 radical (unpaired) electrons. The molecule has 2 N–H and O–H groups in total. The fourth-order valence-corrected chi connectivity index (χ4v) is 1.35. The van der Waals surface area contributed by atoms with Crippen LogP contribution < -0.4 is 5.73 Å². The third-order valence-electron chi connectivity index (χ3n) is 1.32. The lowest BCUT2D eigenvalue weighted by atomic mass is 10.2. The fourth-order valence-electron chi connectivity index (χ4n) is 0.781. The summed E-state index contributed by atoms with van der Waals surface area (Å²) >= 11 is 2.10. The molecule has 0 spiro atoms. The predicted octanol–water partition coefficient (Wildman–Crippen LogP) is 1.87. The maximum atomic E-state index is 11.4. The van der Waals surface area contributed by atoms with Crippen molar-refractivity contribution in [1.29, 1.82) is 0 Å². The molecule has 0 aliphatic rings. The number of hydrogen-bond donors (Lipinski definition) is 1. The molecule has 0 aromatic heterocycles. The van der Waals surface area contributed by atoms with Crippen LogP contribution in [0.5, 0.6) is 0 Å². The number of alkyl halides is 1. The van der Waals surface area contributed by atoms with Gasteiger partial charge in [-0.3, -0.25) is 4.79 Å². The summed E-state index contributed by atoms with van der Waals surface area (Å²) in [4.78, 5) is 11.4. The predicted molar refractivity (Wildman–Crippen MR) is 61.9 cm³/mol. The number of carbonyl (C=O) groups is 1.